The fraction of sp³-hybridized carbons (Fsp3) is 0.182. The van der Waals surface area contributed by atoms with Crippen LogP contribution in [0.3, 0.4) is 0 Å². The molecule has 2 heterocycles. The minimum Gasteiger partial charge on any atom is -0.324 e. The summed E-state index contributed by atoms with van der Waals surface area (Å²) in [5.74, 6) is 0.400. The fourth-order valence-electron chi connectivity index (χ4n) is 3.01. The van der Waals surface area contributed by atoms with Gasteiger partial charge in [0.25, 0.3) is 0 Å². The lowest BCUT2D eigenvalue weighted by molar-refractivity contribution is -0.117. The number of hydrogen-bond donors (Lipinski definition) is 1. The molecule has 0 aliphatic carbocycles. The minimum absolute atomic E-state index is 0.170. The maximum Gasteiger partial charge on any atom is 0.350 e. The maximum absolute atomic E-state index is 12.7. The first-order valence-electron chi connectivity index (χ1n) is 9.49. The van der Waals surface area contributed by atoms with Crippen molar-refractivity contribution in [1.29, 1.82) is 0 Å². The second-order valence-electron chi connectivity index (χ2n) is 6.99. The third-order valence-electron chi connectivity index (χ3n) is 4.77. The first-order valence-corrected chi connectivity index (χ1v) is 10.5. The van der Waals surface area contributed by atoms with Crippen LogP contribution in [-0.4, -0.2) is 25.1 Å². The predicted octanol–water partition coefficient (Wildman–Crippen LogP) is 3.44. The lowest BCUT2D eigenvalue weighted by Crippen LogP contribution is -2.28. The molecule has 0 fully saturated rings. The molecule has 4 rings (SSSR count). The fourth-order valence-corrected chi connectivity index (χ4v) is 3.91. The van der Waals surface area contributed by atoms with Crippen molar-refractivity contribution in [1.82, 2.24) is 19.2 Å². The van der Waals surface area contributed by atoms with E-state index in [9.17, 15) is 9.59 Å². The van der Waals surface area contributed by atoms with Crippen LogP contribution in [0, 0.1) is 13.8 Å². The Morgan fingerprint density at radius 3 is 2.67 bits per heavy atom. The molecule has 0 unspecified atom stereocenters. The summed E-state index contributed by atoms with van der Waals surface area (Å²) in [6.45, 7) is 3.83. The number of carbonyl (C=O) groups excluding carboxylic acids is 1. The number of anilines is 1. The van der Waals surface area contributed by atoms with E-state index in [1.165, 1.54) is 20.8 Å². The van der Waals surface area contributed by atoms with Gasteiger partial charge in [0.15, 0.2) is 5.65 Å². The van der Waals surface area contributed by atoms with Crippen LogP contribution >= 0.6 is 11.8 Å². The molecule has 8 heteroatoms. The number of fused-ring (bicyclic) bond motifs is 1. The Morgan fingerprint density at radius 1 is 1.10 bits per heavy atom. The second kappa shape index (κ2) is 8.54. The molecule has 1 amide bonds. The van der Waals surface area contributed by atoms with Crippen molar-refractivity contribution in [3.8, 4) is 0 Å². The highest BCUT2D eigenvalue weighted by molar-refractivity contribution is 7.98. The highest BCUT2D eigenvalue weighted by atomic mass is 32.2. The Kier molecular flexibility index (Phi) is 5.67. The Bertz CT molecular complexity index is 1260. The molecular weight excluding hydrogens is 398 g/mol. The molecule has 0 saturated carbocycles. The van der Waals surface area contributed by atoms with E-state index in [4.69, 9.17) is 0 Å². The summed E-state index contributed by atoms with van der Waals surface area (Å²) in [4.78, 5) is 29.5. The zero-order valence-corrected chi connectivity index (χ0v) is 17.5. The molecule has 0 spiro atoms. The smallest absolute Gasteiger partial charge is 0.324 e. The van der Waals surface area contributed by atoms with Crippen LogP contribution in [-0.2, 0) is 17.1 Å². The molecule has 0 atom stereocenters. The first-order chi connectivity index (χ1) is 14.5. The molecule has 1 N–H and O–H groups in total. The summed E-state index contributed by atoms with van der Waals surface area (Å²) in [6.07, 6.45) is 3.14. The summed E-state index contributed by atoms with van der Waals surface area (Å²) >= 11 is 1.50. The summed E-state index contributed by atoms with van der Waals surface area (Å²) < 4.78 is 2.59. The van der Waals surface area contributed by atoms with Gasteiger partial charge in [0, 0.05) is 23.8 Å². The van der Waals surface area contributed by atoms with Gasteiger partial charge in [0.1, 0.15) is 11.6 Å². The largest absolute Gasteiger partial charge is 0.350 e. The average molecular weight is 420 g/mol. The van der Waals surface area contributed by atoms with Gasteiger partial charge in [-0.25, -0.2) is 18.9 Å². The normalized spacial score (nSPS) is 11.0. The third-order valence-corrected chi connectivity index (χ3v) is 5.81. The number of aromatic nitrogens is 4. The van der Waals surface area contributed by atoms with Crippen LogP contribution in [0.15, 0.2) is 70.7 Å². The van der Waals surface area contributed by atoms with E-state index < -0.39 is 0 Å². The van der Waals surface area contributed by atoms with Crippen LogP contribution in [0.5, 0.6) is 0 Å². The minimum atomic E-state index is -0.371. The van der Waals surface area contributed by atoms with Crippen LogP contribution in [0.4, 0.5) is 5.69 Å². The number of rotatable bonds is 6. The van der Waals surface area contributed by atoms with E-state index in [0.717, 1.165) is 16.7 Å². The number of amides is 1. The quantitative estimate of drug-likeness (QED) is 0.484. The molecular formula is C22H21N5O2S. The molecule has 7 nitrogen and oxygen atoms in total. The Morgan fingerprint density at radius 2 is 1.90 bits per heavy atom. The van der Waals surface area contributed by atoms with Crippen molar-refractivity contribution in [2.45, 2.75) is 31.2 Å². The van der Waals surface area contributed by atoms with E-state index in [-0.39, 0.29) is 18.1 Å². The van der Waals surface area contributed by atoms with E-state index in [0.29, 0.717) is 22.1 Å². The molecule has 0 aliphatic heterocycles. The molecule has 0 aliphatic rings. The number of hydrogen-bond acceptors (Lipinski definition) is 5. The molecule has 0 bridgehead atoms. The average Bonchev–Trinajstić information content (AvgIpc) is 3.06. The van der Waals surface area contributed by atoms with Gasteiger partial charge in [0.05, 0.1) is 0 Å². The summed E-state index contributed by atoms with van der Waals surface area (Å²) in [5.41, 5.74) is 4.16. The molecule has 30 heavy (non-hydrogen) atoms. The topological polar surface area (TPSA) is 81.3 Å². The van der Waals surface area contributed by atoms with Crippen molar-refractivity contribution in [3.05, 3.63) is 88.1 Å². The monoisotopic (exact) mass is 419 g/mol. The van der Waals surface area contributed by atoms with Gasteiger partial charge in [-0.3, -0.25) is 4.79 Å². The lowest BCUT2D eigenvalue weighted by Gasteiger charge is -2.07. The number of nitrogens with one attached hydrogen (secondary N) is 1. The molecule has 2 aromatic carbocycles. The Balaban J connectivity index is 1.53. The molecule has 2 aromatic heterocycles. The number of nitrogens with zero attached hydrogens (tertiary/aromatic N) is 4. The van der Waals surface area contributed by atoms with Gasteiger partial charge < -0.3 is 5.32 Å². The summed E-state index contributed by atoms with van der Waals surface area (Å²) in [5, 5.41) is 7.83. The standard InChI is InChI=1S/C22H21N5O2S/c1-15-8-9-18(12-16(15)2)24-19(28)13-27-22(29)26-11-10-23-21(20(26)25-27)30-14-17-6-4-3-5-7-17/h3-12H,13-14H2,1-2H3,(H,24,28). The number of benzene rings is 2. The number of carbonyl (C=O) groups is 1. The SMILES string of the molecule is Cc1ccc(NC(=O)Cn2nc3c(SCc4ccccc4)nccn3c2=O)cc1C. The van der Waals surface area contributed by atoms with E-state index in [2.05, 4.69) is 15.4 Å². The molecule has 0 radical (unpaired) electrons. The van der Waals surface area contributed by atoms with Crippen LogP contribution in [0.1, 0.15) is 16.7 Å². The van der Waals surface area contributed by atoms with Crippen molar-refractivity contribution < 1.29 is 4.79 Å². The summed E-state index contributed by atoms with van der Waals surface area (Å²) in [7, 11) is 0. The third kappa shape index (κ3) is 4.28. The van der Waals surface area contributed by atoms with Gasteiger partial charge in [-0.15, -0.1) is 5.10 Å². The van der Waals surface area contributed by atoms with Gasteiger partial charge in [-0.05, 0) is 42.7 Å². The highest BCUT2D eigenvalue weighted by Crippen LogP contribution is 2.23. The van der Waals surface area contributed by atoms with Crippen molar-refractivity contribution in [3.63, 3.8) is 0 Å². The van der Waals surface area contributed by atoms with Gasteiger partial charge in [-0.1, -0.05) is 48.2 Å². The highest BCUT2D eigenvalue weighted by Gasteiger charge is 2.15. The van der Waals surface area contributed by atoms with E-state index >= 15 is 0 Å². The van der Waals surface area contributed by atoms with Gasteiger partial charge in [0.2, 0.25) is 5.91 Å². The molecule has 152 valence electrons. The van der Waals surface area contributed by atoms with Gasteiger partial charge >= 0.3 is 5.69 Å². The second-order valence-corrected chi connectivity index (χ2v) is 7.95. The van der Waals surface area contributed by atoms with Crippen LogP contribution in [0.2, 0.25) is 0 Å². The predicted molar refractivity (Wildman–Crippen MR) is 118 cm³/mol. The number of aryl methyl sites for hydroxylation is 2. The van der Waals surface area contributed by atoms with Crippen molar-refractivity contribution >= 4 is 29.0 Å². The zero-order chi connectivity index (χ0) is 21.1. The maximum atomic E-state index is 12.7. The Labute approximate surface area is 177 Å². The van der Waals surface area contributed by atoms with E-state index in [1.54, 1.807) is 12.4 Å². The lowest BCUT2D eigenvalue weighted by atomic mass is 10.1. The first kappa shape index (κ1) is 19.9. The zero-order valence-electron chi connectivity index (χ0n) is 16.7. The van der Waals surface area contributed by atoms with Crippen molar-refractivity contribution in [2.24, 2.45) is 0 Å². The molecule has 0 saturated heterocycles. The Hall–Kier alpha value is -3.39. The van der Waals surface area contributed by atoms with Crippen LogP contribution < -0.4 is 11.0 Å². The summed E-state index contributed by atoms with van der Waals surface area (Å²) in [6, 6.07) is 15.7. The van der Waals surface area contributed by atoms with Gasteiger partial charge in [-0.2, -0.15) is 0 Å². The number of thioether (sulfide) groups is 1. The van der Waals surface area contributed by atoms with E-state index in [1.807, 2.05) is 62.4 Å². The van der Waals surface area contributed by atoms with Crippen molar-refractivity contribution in [2.75, 3.05) is 5.32 Å². The molecule has 4 aromatic rings. The van der Waals surface area contributed by atoms with Crippen LogP contribution in [0.25, 0.3) is 5.65 Å².